The van der Waals surface area contributed by atoms with Gasteiger partial charge in [0.15, 0.2) is 0 Å². The molecule has 0 aromatic carbocycles. The zero-order valence-electron chi connectivity index (χ0n) is 15.3. The fourth-order valence-electron chi connectivity index (χ4n) is 4.80. The van der Waals surface area contributed by atoms with Gasteiger partial charge in [-0.25, -0.2) is 8.42 Å². The molecule has 3 fully saturated rings. The molecule has 1 aromatic rings. The molecule has 9 heteroatoms. The number of sulfonamides is 1. The van der Waals surface area contributed by atoms with Gasteiger partial charge in [-0.2, -0.15) is 4.31 Å². The summed E-state index contributed by atoms with van der Waals surface area (Å²) >= 11 is 6.99. The first-order valence-electron chi connectivity index (χ1n) is 9.54. The van der Waals surface area contributed by atoms with E-state index in [1.54, 1.807) is 19.1 Å². The molecule has 6 nitrogen and oxygen atoms in total. The Labute approximate surface area is 169 Å². The van der Waals surface area contributed by atoms with Crippen molar-refractivity contribution in [1.29, 1.82) is 0 Å². The zero-order valence-corrected chi connectivity index (χ0v) is 17.7. The summed E-state index contributed by atoms with van der Waals surface area (Å²) in [5.41, 5.74) is 0. The number of piperidine rings is 2. The van der Waals surface area contributed by atoms with Crippen molar-refractivity contribution in [2.24, 2.45) is 0 Å². The van der Waals surface area contributed by atoms with E-state index < -0.39 is 10.0 Å². The number of thiophene rings is 1. The Balaban J connectivity index is 1.31. The summed E-state index contributed by atoms with van der Waals surface area (Å²) < 4.78 is 34.0. The van der Waals surface area contributed by atoms with E-state index in [2.05, 4.69) is 0 Å². The van der Waals surface area contributed by atoms with Crippen LogP contribution in [0.1, 0.15) is 45.4 Å². The zero-order chi connectivity index (χ0) is 19.2. The van der Waals surface area contributed by atoms with Gasteiger partial charge in [0.1, 0.15) is 4.21 Å². The van der Waals surface area contributed by atoms with Gasteiger partial charge in [0.2, 0.25) is 5.91 Å². The number of carbonyl (C=O) groups excluding carboxylic acids is 1. The van der Waals surface area contributed by atoms with Crippen LogP contribution in [0.4, 0.5) is 0 Å². The maximum Gasteiger partial charge on any atom is 0.252 e. The van der Waals surface area contributed by atoms with E-state index in [4.69, 9.17) is 16.3 Å². The number of hydrogen-bond donors (Lipinski definition) is 0. The van der Waals surface area contributed by atoms with Crippen LogP contribution in [-0.2, 0) is 19.6 Å². The molecule has 0 spiro atoms. The van der Waals surface area contributed by atoms with Crippen molar-refractivity contribution < 1.29 is 17.9 Å². The molecule has 0 saturated carbocycles. The molecule has 0 aliphatic carbocycles. The molecule has 27 heavy (non-hydrogen) atoms. The molecular weight excluding hydrogens is 408 g/mol. The van der Waals surface area contributed by atoms with Gasteiger partial charge in [0.05, 0.1) is 16.5 Å². The van der Waals surface area contributed by atoms with Gasteiger partial charge >= 0.3 is 0 Å². The Morgan fingerprint density at radius 1 is 1.11 bits per heavy atom. The molecule has 0 radical (unpaired) electrons. The number of hydrogen-bond acceptors (Lipinski definition) is 5. The van der Waals surface area contributed by atoms with E-state index in [1.807, 2.05) is 4.90 Å². The van der Waals surface area contributed by atoms with Crippen molar-refractivity contribution in [1.82, 2.24) is 9.21 Å². The number of fused-ring (bicyclic) bond motifs is 2. The van der Waals surface area contributed by atoms with E-state index in [0.717, 1.165) is 37.0 Å². The number of rotatable bonds is 4. The van der Waals surface area contributed by atoms with Crippen molar-refractivity contribution in [2.75, 3.05) is 13.1 Å². The molecule has 1 unspecified atom stereocenters. The Kier molecular flexibility index (Phi) is 5.55. The number of nitrogens with zero attached hydrogens (tertiary/aromatic N) is 2. The lowest BCUT2D eigenvalue weighted by molar-refractivity contribution is -0.138. The number of ether oxygens (including phenoxy) is 1. The third-order valence-electron chi connectivity index (χ3n) is 5.98. The molecule has 1 amide bonds. The van der Waals surface area contributed by atoms with Crippen molar-refractivity contribution in [3.8, 4) is 0 Å². The van der Waals surface area contributed by atoms with E-state index >= 15 is 0 Å². The monoisotopic (exact) mass is 432 g/mol. The van der Waals surface area contributed by atoms with Gasteiger partial charge in [-0.3, -0.25) is 4.79 Å². The highest BCUT2D eigenvalue weighted by atomic mass is 35.5. The molecule has 3 saturated heterocycles. The summed E-state index contributed by atoms with van der Waals surface area (Å²) in [7, 11) is -3.45. The number of carbonyl (C=O) groups is 1. The molecular formula is C18H25ClN2O4S2. The fraction of sp³-hybridized carbons (Fsp3) is 0.722. The van der Waals surface area contributed by atoms with E-state index in [0.29, 0.717) is 46.6 Å². The molecule has 1 aromatic heterocycles. The molecule has 4 rings (SSSR count). The lowest BCUT2D eigenvalue weighted by Crippen LogP contribution is -2.49. The molecule has 150 valence electrons. The molecule has 2 bridgehead atoms. The number of amides is 1. The van der Waals surface area contributed by atoms with Crippen molar-refractivity contribution in [3.63, 3.8) is 0 Å². The van der Waals surface area contributed by atoms with Crippen LogP contribution in [0.3, 0.4) is 0 Å². The summed E-state index contributed by atoms with van der Waals surface area (Å²) in [5.74, 6) is 0.174. The molecule has 4 heterocycles. The average molecular weight is 433 g/mol. The topological polar surface area (TPSA) is 66.9 Å². The second kappa shape index (κ2) is 7.63. The van der Waals surface area contributed by atoms with E-state index in [9.17, 15) is 13.2 Å². The smallest absolute Gasteiger partial charge is 0.252 e. The van der Waals surface area contributed by atoms with Gasteiger partial charge in [0, 0.05) is 32.1 Å². The van der Waals surface area contributed by atoms with Crippen LogP contribution in [0.15, 0.2) is 16.3 Å². The summed E-state index contributed by atoms with van der Waals surface area (Å²) in [6, 6.07) is 3.82. The van der Waals surface area contributed by atoms with Crippen LogP contribution in [0, 0.1) is 0 Å². The largest absolute Gasteiger partial charge is 0.375 e. The molecule has 3 aliphatic rings. The minimum absolute atomic E-state index is 0.0941. The van der Waals surface area contributed by atoms with E-state index in [1.165, 1.54) is 4.31 Å². The summed E-state index contributed by atoms with van der Waals surface area (Å²) in [6.45, 7) is 2.60. The summed E-state index contributed by atoms with van der Waals surface area (Å²) in [5, 5.41) is 0. The average Bonchev–Trinajstić information content (AvgIpc) is 3.18. The molecule has 3 aliphatic heterocycles. The maximum atomic E-state index is 12.7. The predicted molar refractivity (Wildman–Crippen MR) is 105 cm³/mol. The Hall–Kier alpha value is -0.670. The van der Waals surface area contributed by atoms with Crippen molar-refractivity contribution in [2.45, 2.75) is 73.9 Å². The third kappa shape index (κ3) is 3.92. The predicted octanol–water partition coefficient (Wildman–Crippen LogP) is 3.11. The number of halogens is 1. The lowest BCUT2D eigenvalue weighted by atomic mass is 9.98. The lowest BCUT2D eigenvalue weighted by Gasteiger charge is -2.40. The van der Waals surface area contributed by atoms with Gasteiger partial charge in [-0.15, -0.1) is 11.3 Å². The van der Waals surface area contributed by atoms with Crippen molar-refractivity contribution in [3.05, 3.63) is 16.5 Å². The third-order valence-corrected chi connectivity index (χ3v) is 9.58. The minimum atomic E-state index is -3.45. The standard InChI is InChI=1S/C18H25ClN2O4S2/c1-12(22)21-13-2-3-14(21)11-16(10-13)25-15-6-8-20(9-7-15)27(23,24)18-5-4-17(19)26-18/h4-5,13-16H,2-3,6-11H2,1H3/t13-,14+,16?. The second-order valence-corrected chi connectivity index (χ2v) is 11.6. The summed E-state index contributed by atoms with van der Waals surface area (Å²) in [4.78, 5) is 13.9. The van der Waals surface area contributed by atoms with Crippen molar-refractivity contribution >= 4 is 38.9 Å². The first kappa shape index (κ1) is 19.6. The van der Waals surface area contributed by atoms with Gasteiger partial charge in [-0.1, -0.05) is 11.6 Å². The van der Waals surface area contributed by atoms with Crippen LogP contribution in [0.5, 0.6) is 0 Å². The first-order valence-corrected chi connectivity index (χ1v) is 12.2. The highest BCUT2D eigenvalue weighted by molar-refractivity contribution is 7.91. The Bertz CT molecular complexity index is 790. The van der Waals surface area contributed by atoms with Crippen LogP contribution in [0.2, 0.25) is 4.34 Å². The van der Waals surface area contributed by atoms with Gasteiger partial charge < -0.3 is 9.64 Å². The Morgan fingerprint density at radius 3 is 2.26 bits per heavy atom. The van der Waals surface area contributed by atoms with Gasteiger partial charge in [0.25, 0.3) is 10.0 Å². The fourth-order valence-corrected chi connectivity index (χ4v) is 7.90. The maximum absolute atomic E-state index is 12.7. The SMILES string of the molecule is CC(=O)N1[C@@H]2CC[C@H]1CC(OC1CCN(S(=O)(=O)c3ccc(Cl)s3)CC1)C2. The highest BCUT2D eigenvalue weighted by Crippen LogP contribution is 2.38. The van der Waals surface area contributed by atoms with Crippen LogP contribution in [-0.4, -0.2) is 60.9 Å². The first-order chi connectivity index (χ1) is 12.8. The normalized spacial score (nSPS) is 30.0. The Morgan fingerprint density at radius 2 is 1.74 bits per heavy atom. The molecule has 3 atom stereocenters. The van der Waals surface area contributed by atoms with Crippen LogP contribution in [0.25, 0.3) is 0 Å². The summed E-state index contributed by atoms with van der Waals surface area (Å²) in [6.07, 6.45) is 5.65. The highest BCUT2D eigenvalue weighted by Gasteiger charge is 2.43. The van der Waals surface area contributed by atoms with Gasteiger partial charge in [-0.05, 0) is 50.7 Å². The molecule has 0 N–H and O–H groups in total. The minimum Gasteiger partial charge on any atom is -0.375 e. The quantitative estimate of drug-likeness (QED) is 0.733. The second-order valence-electron chi connectivity index (χ2n) is 7.70. The van der Waals surface area contributed by atoms with Crippen LogP contribution < -0.4 is 0 Å². The van der Waals surface area contributed by atoms with Crippen LogP contribution >= 0.6 is 22.9 Å². The van der Waals surface area contributed by atoms with E-state index in [-0.39, 0.29) is 18.1 Å².